The van der Waals surface area contributed by atoms with Crippen LogP contribution in [0.25, 0.3) is 11.4 Å². The highest BCUT2D eigenvalue weighted by Gasteiger charge is 2.44. The molecule has 4 rings (SSSR count). The van der Waals surface area contributed by atoms with Crippen molar-refractivity contribution < 1.29 is 44.7 Å². The third kappa shape index (κ3) is 2.97. The smallest absolute Gasteiger partial charge is 0.321 e. The van der Waals surface area contributed by atoms with Crippen LogP contribution >= 0.6 is 0 Å². The van der Waals surface area contributed by atoms with Gasteiger partial charge in [0.25, 0.3) is 11.8 Å². The first-order valence-corrected chi connectivity index (χ1v) is 8.24. The van der Waals surface area contributed by atoms with E-state index in [1.54, 1.807) is 0 Å². The standard InChI is InChI=1S/C19H6F8N2O2/c20-10-9(11(21)13(23)14(24)12(10)22)16-8-7(17(30)29-16)15(28-18(8)31)5-2-1-3-6(4-5)19(25,26)27/h1-4H,(H,28,31)(H,29,30). The molecule has 0 atom stereocenters. The Kier molecular flexibility index (Phi) is 4.41. The van der Waals surface area contributed by atoms with Crippen molar-refractivity contribution in [3.8, 4) is 0 Å². The molecule has 0 saturated carbocycles. The van der Waals surface area contributed by atoms with Gasteiger partial charge in [-0.3, -0.25) is 9.59 Å². The average molecular weight is 446 g/mol. The summed E-state index contributed by atoms with van der Waals surface area (Å²) >= 11 is 0. The molecule has 0 aromatic heterocycles. The summed E-state index contributed by atoms with van der Waals surface area (Å²) in [5.41, 5.74) is -5.68. The Balaban J connectivity index is 1.97. The Hall–Kier alpha value is -3.70. The van der Waals surface area contributed by atoms with Crippen LogP contribution in [0, 0.1) is 29.1 Å². The van der Waals surface area contributed by atoms with Crippen molar-refractivity contribution >= 4 is 23.2 Å². The molecule has 0 bridgehead atoms. The van der Waals surface area contributed by atoms with Crippen LogP contribution in [0.1, 0.15) is 16.7 Å². The zero-order valence-electron chi connectivity index (χ0n) is 14.6. The molecule has 160 valence electrons. The summed E-state index contributed by atoms with van der Waals surface area (Å²) in [4.78, 5) is 24.8. The van der Waals surface area contributed by atoms with Crippen LogP contribution in [0.15, 0.2) is 35.4 Å². The monoisotopic (exact) mass is 446 g/mol. The van der Waals surface area contributed by atoms with Crippen LogP contribution < -0.4 is 10.6 Å². The van der Waals surface area contributed by atoms with Gasteiger partial charge in [-0.1, -0.05) is 12.1 Å². The SMILES string of the molecule is O=C1NC(c2c(F)c(F)c(F)c(F)c2F)=C2C(=O)NC(c3cccc(C(F)(F)F)c3)=C12. The van der Waals surface area contributed by atoms with E-state index < -0.39 is 80.7 Å². The van der Waals surface area contributed by atoms with E-state index in [1.807, 2.05) is 5.32 Å². The van der Waals surface area contributed by atoms with E-state index >= 15 is 0 Å². The molecule has 2 aromatic rings. The van der Waals surface area contributed by atoms with Gasteiger partial charge >= 0.3 is 6.18 Å². The van der Waals surface area contributed by atoms with Crippen molar-refractivity contribution in [1.82, 2.24) is 10.6 Å². The lowest BCUT2D eigenvalue weighted by Crippen LogP contribution is -2.23. The maximum atomic E-state index is 14.2. The molecule has 2 N–H and O–H groups in total. The topological polar surface area (TPSA) is 58.2 Å². The summed E-state index contributed by atoms with van der Waals surface area (Å²) in [6.45, 7) is 0. The second kappa shape index (κ2) is 6.65. The zero-order chi connectivity index (χ0) is 22.8. The highest BCUT2D eigenvalue weighted by atomic mass is 19.4. The lowest BCUT2D eigenvalue weighted by Gasteiger charge is -2.11. The molecule has 2 amide bonds. The molecule has 2 aliphatic rings. The molecule has 2 heterocycles. The van der Waals surface area contributed by atoms with Crippen molar-refractivity contribution in [2.24, 2.45) is 0 Å². The summed E-state index contributed by atoms with van der Waals surface area (Å²) in [5, 5.41) is 3.98. The molecule has 0 radical (unpaired) electrons. The van der Waals surface area contributed by atoms with Crippen molar-refractivity contribution in [3.05, 3.63) is 81.2 Å². The predicted octanol–water partition coefficient (Wildman–Crippen LogP) is 3.78. The Morgan fingerprint density at radius 1 is 0.677 bits per heavy atom. The molecule has 2 aromatic carbocycles. The second-order valence-corrected chi connectivity index (χ2v) is 6.43. The third-order valence-corrected chi connectivity index (χ3v) is 4.62. The van der Waals surface area contributed by atoms with E-state index in [-0.39, 0.29) is 5.56 Å². The number of carbonyl (C=O) groups excluding carboxylic acids is 2. The first-order chi connectivity index (χ1) is 14.4. The summed E-state index contributed by atoms with van der Waals surface area (Å²) in [7, 11) is 0. The number of fused-ring (bicyclic) bond motifs is 1. The van der Waals surface area contributed by atoms with Crippen molar-refractivity contribution in [3.63, 3.8) is 0 Å². The first kappa shape index (κ1) is 20.6. The summed E-state index contributed by atoms with van der Waals surface area (Å²) in [6.07, 6.45) is -4.75. The van der Waals surface area contributed by atoms with Crippen LogP contribution in [0.5, 0.6) is 0 Å². The number of alkyl halides is 3. The van der Waals surface area contributed by atoms with Gasteiger partial charge in [0.15, 0.2) is 23.3 Å². The van der Waals surface area contributed by atoms with Crippen LogP contribution in [0.3, 0.4) is 0 Å². The zero-order valence-corrected chi connectivity index (χ0v) is 14.6. The quantitative estimate of drug-likeness (QED) is 0.419. The number of benzene rings is 2. The first-order valence-electron chi connectivity index (χ1n) is 8.24. The van der Waals surface area contributed by atoms with Crippen LogP contribution in [0.4, 0.5) is 35.1 Å². The Morgan fingerprint density at radius 3 is 1.71 bits per heavy atom. The predicted molar refractivity (Wildman–Crippen MR) is 87.8 cm³/mol. The summed E-state index contributed by atoms with van der Waals surface area (Å²) in [5.74, 6) is -14.0. The van der Waals surface area contributed by atoms with Crippen LogP contribution in [-0.2, 0) is 15.8 Å². The summed E-state index contributed by atoms with van der Waals surface area (Å²) in [6, 6.07) is 3.48. The van der Waals surface area contributed by atoms with Gasteiger partial charge in [0.05, 0.1) is 33.7 Å². The van der Waals surface area contributed by atoms with E-state index in [0.29, 0.717) is 6.07 Å². The van der Waals surface area contributed by atoms with Crippen molar-refractivity contribution in [2.75, 3.05) is 0 Å². The minimum Gasteiger partial charge on any atom is -0.321 e. The number of rotatable bonds is 2. The lowest BCUT2D eigenvalue weighted by molar-refractivity contribution is -0.137. The fourth-order valence-electron chi connectivity index (χ4n) is 3.26. The normalized spacial score (nSPS) is 16.1. The third-order valence-electron chi connectivity index (χ3n) is 4.62. The molecule has 0 saturated heterocycles. The molecular weight excluding hydrogens is 440 g/mol. The van der Waals surface area contributed by atoms with Crippen LogP contribution in [0.2, 0.25) is 0 Å². The number of amides is 2. The molecule has 0 fully saturated rings. The number of halogens is 8. The number of hydrogen-bond donors (Lipinski definition) is 2. The molecular formula is C19H6F8N2O2. The molecule has 12 heteroatoms. The van der Waals surface area contributed by atoms with E-state index in [4.69, 9.17) is 0 Å². The van der Waals surface area contributed by atoms with E-state index in [2.05, 4.69) is 5.32 Å². The second-order valence-electron chi connectivity index (χ2n) is 6.43. The van der Waals surface area contributed by atoms with Gasteiger partial charge in [0, 0.05) is 0 Å². The molecule has 0 unspecified atom stereocenters. The van der Waals surface area contributed by atoms with Gasteiger partial charge in [0.2, 0.25) is 5.82 Å². The summed E-state index contributed by atoms with van der Waals surface area (Å²) < 4.78 is 108. The maximum absolute atomic E-state index is 14.2. The van der Waals surface area contributed by atoms with Gasteiger partial charge in [-0.15, -0.1) is 0 Å². The molecule has 4 nitrogen and oxygen atoms in total. The van der Waals surface area contributed by atoms with Gasteiger partial charge in [-0.2, -0.15) is 13.2 Å². The maximum Gasteiger partial charge on any atom is 0.416 e. The molecule has 0 aliphatic carbocycles. The van der Waals surface area contributed by atoms with E-state index in [1.165, 1.54) is 0 Å². The lowest BCUT2D eigenvalue weighted by atomic mass is 10.00. The number of nitrogens with one attached hydrogen (secondary N) is 2. The fraction of sp³-hybridized carbons (Fsp3) is 0.0526. The largest absolute Gasteiger partial charge is 0.416 e. The van der Waals surface area contributed by atoms with E-state index in [9.17, 15) is 44.7 Å². The minimum atomic E-state index is -4.75. The Labute approximate surface area is 166 Å². The van der Waals surface area contributed by atoms with Gasteiger partial charge in [-0.25, -0.2) is 22.0 Å². The highest BCUT2D eigenvalue weighted by molar-refractivity contribution is 6.30. The van der Waals surface area contributed by atoms with Gasteiger partial charge in [-0.05, 0) is 17.7 Å². The minimum absolute atomic E-state index is 0.262. The van der Waals surface area contributed by atoms with Crippen molar-refractivity contribution in [2.45, 2.75) is 6.18 Å². The van der Waals surface area contributed by atoms with Gasteiger partial charge in [0.1, 0.15) is 0 Å². The Morgan fingerprint density at radius 2 is 1.16 bits per heavy atom. The van der Waals surface area contributed by atoms with Crippen molar-refractivity contribution in [1.29, 1.82) is 0 Å². The van der Waals surface area contributed by atoms with E-state index in [0.717, 1.165) is 18.2 Å². The molecule has 2 aliphatic heterocycles. The van der Waals surface area contributed by atoms with Crippen LogP contribution in [-0.4, -0.2) is 11.8 Å². The molecule has 31 heavy (non-hydrogen) atoms. The highest BCUT2D eigenvalue weighted by Crippen LogP contribution is 2.40. The number of carbonyl (C=O) groups is 2. The number of hydrogen-bond acceptors (Lipinski definition) is 2. The Bertz CT molecular complexity index is 1230. The van der Waals surface area contributed by atoms with Gasteiger partial charge < -0.3 is 10.6 Å². The fourth-order valence-corrected chi connectivity index (χ4v) is 3.26. The average Bonchev–Trinajstić information content (AvgIpc) is 3.23. The molecule has 0 spiro atoms.